The van der Waals surface area contributed by atoms with E-state index in [-0.39, 0.29) is 17.3 Å². The molecule has 1 aliphatic heterocycles. The van der Waals surface area contributed by atoms with E-state index >= 15 is 0 Å². The number of rotatable bonds is 2. The first kappa shape index (κ1) is 13.4. The van der Waals surface area contributed by atoms with E-state index in [1.165, 1.54) is 0 Å². The Morgan fingerprint density at radius 3 is 2.71 bits per heavy atom. The zero-order chi connectivity index (χ0) is 15.0. The van der Waals surface area contributed by atoms with E-state index in [1.807, 2.05) is 30.3 Å². The maximum absolute atomic E-state index is 12.4. The van der Waals surface area contributed by atoms with Crippen molar-refractivity contribution >= 4 is 5.57 Å². The van der Waals surface area contributed by atoms with E-state index in [0.29, 0.717) is 12.0 Å². The SMILES string of the molecule is CCc1c(O)nc2n(c1=O)C(O)NC=C2c1ccccc1. The lowest BCUT2D eigenvalue weighted by molar-refractivity contribution is 0.0732. The molecule has 0 radical (unpaired) electrons. The Labute approximate surface area is 121 Å². The number of aliphatic hydroxyl groups excluding tert-OH is 1. The summed E-state index contributed by atoms with van der Waals surface area (Å²) in [5.41, 5.74) is 1.22. The molecular formula is C15H15N3O3. The molecule has 21 heavy (non-hydrogen) atoms. The number of aliphatic hydroxyl groups is 1. The molecular weight excluding hydrogens is 270 g/mol. The van der Waals surface area contributed by atoms with Gasteiger partial charge in [0, 0.05) is 11.8 Å². The van der Waals surface area contributed by atoms with Crippen molar-refractivity contribution in [1.82, 2.24) is 14.9 Å². The highest BCUT2D eigenvalue weighted by molar-refractivity contribution is 5.77. The second-order valence-corrected chi connectivity index (χ2v) is 4.73. The molecule has 0 spiro atoms. The van der Waals surface area contributed by atoms with E-state index in [0.717, 1.165) is 10.1 Å². The molecule has 0 fully saturated rings. The number of aromatic nitrogens is 2. The van der Waals surface area contributed by atoms with E-state index < -0.39 is 11.9 Å². The molecule has 1 aliphatic rings. The van der Waals surface area contributed by atoms with E-state index in [2.05, 4.69) is 10.3 Å². The fourth-order valence-corrected chi connectivity index (χ4v) is 2.41. The van der Waals surface area contributed by atoms with Gasteiger partial charge in [-0.1, -0.05) is 37.3 Å². The van der Waals surface area contributed by atoms with Crippen LogP contribution in [0, 0.1) is 0 Å². The predicted octanol–water partition coefficient (Wildman–Crippen LogP) is 0.952. The van der Waals surface area contributed by atoms with Crippen molar-refractivity contribution in [1.29, 1.82) is 0 Å². The number of hydrogen-bond donors (Lipinski definition) is 3. The molecule has 1 unspecified atom stereocenters. The highest BCUT2D eigenvalue weighted by atomic mass is 16.3. The van der Waals surface area contributed by atoms with Crippen LogP contribution in [0.2, 0.25) is 0 Å². The summed E-state index contributed by atoms with van der Waals surface area (Å²) in [6, 6.07) is 9.35. The quantitative estimate of drug-likeness (QED) is 0.764. The third kappa shape index (κ3) is 2.09. The van der Waals surface area contributed by atoms with Crippen molar-refractivity contribution in [3.63, 3.8) is 0 Å². The summed E-state index contributed by atoms with van der Waals surface area (Å²) >= 11 is 0. The summed E-state index contributed by atoms with van der Waals surface area (Å²) < 4.78 is 1.15. The standard InChI is InChI=1S/C15H15N3O3/c1-2-10-13(19)17-12-11(9-6-4-3-5-7-9)8-16-15(21)18(12)14(10)20/h3-8,15-16,19,21H,2H2,1H3. The second kappa shape index (κ2) is 5.06. The van der Waals surface area contributed by atoms with Gasteiger partial charge in [0.15, 0.2) is 5.82 Å². The molecule has 3 N–H and O–H groups in total. The minimum Gasteiger partial charge on any atom is -0.493 e. The molecule has 0 bridgehead atoms. The van der Waals surface area contributed by atoms with Gasteiger partial charge < -0.3 is 15.5 Å². The summed E-state index contributed by atoms with van der Waals surface area (Å²) in [7, 11) is 0. The molecule has 6 heteroatoms. The number of hydrogen-bond acceptors (Lipinski definition) is 5. The van der Waals surface area contributed by atoms with Crippen LogP contribution in [0.15, 0.2) is 41.3 Å². The molecule has 6 nitrogen and oxygen atoms in total. The first-order valence-electron chi connectivity index (χ1n) is 6.68. The largest absolute Gasteiger partial charge is 0.493 e. The number of aromatic hydroxyl groups is 1. The summed E-state index contributed by atoms with van der Waals surface area (Å²) in [5, 5.41) is 22.7. The maximum atomic E-state index is 12.4. The third-order valence-corrected chi connectivity index (χ3v) is 3.49. The zero-order valence-corrected chi connectivity index (χ0v) is 11.4. The van der Waals surface area contributed by atoms with Gasteiger partial charge in [0.2, 0.25) is 12.2 Å². The molecule has 1 atom stereocenters. The lowest BCUT2D eigenvalue weighted by Crippen LogP contribution is -2.39. The molecule has 1 aromatic heterocycles. The molecule has 108 valence electrons. The molecule has 1 aromatic carbocycles. The Balaban J connectivity index is 2.26. The predicted molar refractivity (Wildman–Crippen MR) is 77.5 cm³/mol. The lowest BCUT2D eigenvalue weighted by atomic mass is 10.0. The van der Waals surface area contributed by atoms with Crippen molar-refractivity contribution in [2.24, 2.45) is 0 Å². The van der Waals surface area contributed by atoms with Crippen molar-refractivity contribution in [2.45, 2.75) is 19.7 Å². The fraction of sp³-hybridized carbons (Fsp3) is 0.200. The van der Waals surface area contributed by atoms with Crippen LogP contribution < -0.4 is 10.9 Å². The van der Waals surface area contributed by atoms with E-state index in [4.69, 9.17) is 0 Å². The average Bonchev–Trinajstić information content (AvgIpc) is 2.48. The van der Waals surface area contributed by atoms with Gasteiger partial charge in [0.1, 0.15) is 0 Å². The average molecular weight is 285 g/mol. The summed E-state index contributed by atoms with van der Waals surface area (Å²) in [6.07, 6.45) is 0.736. The molecule has 0 amide bonds. The highest BCUT2D eigenvalue weighted by Gasteiger charge is 2.25. The van der Waals surface area contributed by atoms with Crippen LogP contribution in [0.5, 0.6) is 5.88 Å². The van der Waals surface area contributed by atoms with Crippen LogP contribution in [0.3, 0.4) is 0 Å². The van der Waals surface area contributed by atoms with Crippen LogP contribution >= 0.6 is 0 Å². The molecule has 2 aromatic rings. The van der Waals surface area contributed by atoms with Crippen LogP contribution in [0.25, 0.3) is 5.57 Å². The Bertz CT molecular complexity index is 766. The van der Waals surface area contributed by atoms with Gasteiger partial charge in [-0.2, -0.15) is 4.98 Å². The monoisotopic (exact) mass is 285 g/mol. The number of nitrogens with one attached hydrogen (secondary N) is 1. The van der Waals surface area contributed by atoms with Crippen molar-refractivity contribution in [3.8, 4) is 5.88 Å². The van der Waals surface area contributed by atoms with Gasteiger partial charge >= 0.3 is 0 Å². The fourth-order valence-electron chi connectivity index (χ4n) is 2.41. The summed E-state index contributed by atoms with van der Waals surface area (Å²) in [6.45, 7) is 1.75. The van der Waals surface area contributed by atoms with Gasteiger partial charge in [0.25, 0.3) is 5.56 Å². The summed E-state index contributed by atoms with van der Waals surface area (Å²) in [4.78, 5) is 16.5. The van der Waals surface area contributed by atoms with Crippen LogP contribution in [0.4, 0.5) is 0 Å². The van der Waals surface area contributed by atoms with Gasteiger partial charge in [-0.25, -0.2) is 4.57 Å². The third-order valence-electron chi connectivity index (χ3n) is 3.49. The van der Waals surface area contributed by atoms with Crippen LogP contribution in [0.1, 0.15) is 30.2 Å². The van der Waals surface area contributed by atoms with Gasteiger partial charge in [0.05, 0.1) is 5.56 Å². The number of benzene rings is 1. The molecule has 0 aliphatic carbocycles. The van der Waals surface area contributed by atoms with Gasteiger partial charge in [-0.15, -0.1) is 0 Å². The van der Waals surface area contributed by atoms with Crippen LogP contribution in [-0.4, -0.2) is 19.8 Å². The summed E-state index contributed by atoms with van der Waals surface area (Å²) in [5.74, 6) is -0.0446. The van der Waals surface area contributed by atoms with Crippen LogP contribution in [-0.2, 0) is 6.42 Å². The Morgan fingerprint density at radius 1 is 1.33 bits per heavy atom. The number of fused-ring (bicyclic) bond motifs is 1. The molecule has 2 heterocycles. The molecule has 0 saturated heterocycles. The first-order chi connectivity index (χ1) is 10.1. The zero-order valence-electron chi connectivity index (χ0n) is 11.4. The topological polar surface area (TPSA) is 87.4 Å². The lowest BCUT2D eigenvalue weighted by Gasteiger charge is -2.25. The molecule has 0 saturated carbocycles. The maximum Gasteiger partial charge on any atom is 0.264 e. The van der Waals surface area contributed by atoms with E-state index in [9.17, 15) is 15.0 Å². The van der Waals surface area contributed by atoms with Gasteiger partial charge in [-0.3, -0.25) is 4.79 Å². The van der Waals surface area contributed by atoms with Crippen molar-refractivity contribution in [2.75, 3.05) is 0 Å². The highest BCUT2D eigenvalue weighted by Crippen LogP contribution is 2.27. The van der Waals surface area contributed by atoms with Gasteiger partial charge in [-0.05, 0) is 12.0 Å². The Hall–Kier alpha value is -2.60. The molecule has 3 rings (SSSR count). The minimum atomic E-state index is -1.20. The normalized spacial score (nSPS) is 16.9. The Morgan fingerprint density at radius 2 is 2.05 bits per heavy atom. The minimum absolute atomic E-state index is 0.189. The van der Waals surface area contributed by atoms with Crippen molar-refractivity contribution < 1.29 is 10.2 Å². The number of nitrogens with zero attached hydrogens (tertiary/aromatic N) is 2. The van der Waals surface area contributed by atoms with E-state index in [1.54, 1.807) is 13.1 Å². The smallest absolute Gasteiger partial charge is 0.264 e. The first-order valence-corrected chi connectivity index (χ1v) is 6.68. The second-order valence-electron chi connectivity index (χ2n) is 4.73. The van der Waals surface area contributed by atoms with Crippen molar-refractivity contribution in [3.05, 3.63) is 63.8 Å². The Kier molecular flexibility index (Phi) is 3.23.